The first kappa shape index (κ1) is 19.7. The summed E-state index contributed by atoms with van der Waals surface area (Å²) in [6.45, 7) is 6.14. The molecule has 0 spiro atoms. The number of phenolic OH excluding ortho intramolecular Hbond substituents is 1. The molecule has 0 fully saturated rings. The van der Waals surface area contributed by atoms with Crippen LogP contribution < -0.4 is 0 Å². The molecule has 0 atom stereocenters. The zero-order valence-electron chi connectivity index (χ0n) is 15.7. The van der Waals surface area contributed by atoms with Crippen LogP contribution in [0.4, 0.5) is 18.9 Å². The minimum atomic E-state index is -4.48. The molecule has 3 rings (SSSR count). The third-order valence-electron chi connectivity index (χ3n) is 4.30. The van der Waals surface area contributed by atoms with Gasteiger partial charge in [-0.15, -0.1) is 0 Å². The normalized spacial score (nSPS) is 12.6. The fourth-order valence-electron chi connectivity index (χ4n) is 2.74. The Morgan fingerprint density at radius 2 is 1.68 bits per heavy atom. The summed E-state index contributed by atoms with van der Waals surface area (Å²) in [5.74, 6) is 0.396. The fraction of sp³-hybridized carbons (Fsp3) is 0.227. The van der Waals surface area contributed by atoms with Crippen LogP contribution in [-0.4, -0.2) is 11.3 Å². The zero-order chi connectivity index (χ0) is 20.5. The van der Waals surface area contributed by atoms with E-state index in [4.69, 9.17) is 4.42 Å². The smallest absolute Gasteiger partial charge is 0.417 e. The van der Waals surface area contributed by atoms with E-state index < -0.39 is 11.7 Å². The fourth-order valence-corrected chi connectivity index (χ4v) is 2.74. The molecule has 1 aromatic heterocycles. The van der Waals surface area contributed by atoms with Gasteiger partial charge in [-0.3, -0.25) is 0 Å². The van der Waals surface area contributed by atoms with Gasteiger partial charge >= 0.3 is 6.18 Å². The molecule has 6 heteroatoms. The number of furan rings is 1. The maximum atomic E-state index is 13.2. The van der Waals surface area contributed by atoms with Crippen LogP contribution in [0.2, 0.25) is 0 Å². The number of nitrogens with zero attached hydrogens (tertiary/aromatic N) is 1. The van der Waals surface area contributed by atoms with Crippen LogP contribution in [0.3, 0.4) is 0 Å². The minimum absolute atomic E-state index is 0.0125. The van der Waals surface area contributed by atoms with Crippen LogP contribution in [0, 0.1) is 0 Å². The van der Waals surface area contributed by atoms with Gasteiger partial charge in [0.05, 0.1) is 11.8 Å². The van der Waals surface area contributed by atoms with Gasteiger partial charge in [-0.25, -0.2) is 4.99 Å². The van der Waals surface area contributed by atoms with Gasteiger partial charge in [0.2, 0.25) is 0 Å². The van der Waals surface area contributed by atoms with Crippen molar-refractivity contribution in [1.82, 2.24) is 0 Å². The molecule has 0 saturated carbocycles. The molecule has 2 aromatic carbocycles. The van der Waals surface area contributed by atoms with E-state index in [1.807, 2.05) is 26.8 Å². The average molecular weight is 387 g/mol. The van der Waals surface area contributed by atoms with Gasteiger partial charge in [0.25, 0.3) is 0 Å². The Hall–Kier alpha value is -3.02. The average Bonchev–Trinajstić information content (AvgIpc) is 3.08. The van der Waals surface area contributed by atoms with Crippen molar-refractivity contribution >= 4 is 11.9 Å². The van der Waals surface area contributed by atoms with Crippen molar-refractivity contribution < 1.29 is 22.7 Å². The maximum Gasteiger partial charge on any atom is 0.417 e. The topological polar surface area (TPSA) is 45.7 Å². The lowest BCUT2D eigenvalue weighted by Crippen LogP contribution is -2.10. The van der Waals surface area contributed by atoms with Crippen LogP contribution in [0.25, 0.3) is 11.3 Å². The lowest BCUT2D eigenvalue weighted by atomic mass is 9.87. The Balaban J connectivity index is 1.91. The quantitative estimate of drug-likeness (QED) is 0.507. The molecule has 28 heavy (non-hydrogen) atoms. The second kappa shape index (κ2) is 7.19. The Morgan fingerprint density at radius 3 is 2.36 bits per heavy atom. The minimum Gasteiger partial charge on any atom is -0.506 e. The summed E-state index contributed by atoms with van der Waals surface area (Å²) in [5.41, 5.74) is 0.449. The summed E-state index contributed by atoms with van der Waals surface area (Å²) in [6.07, 6.45) is -3.10. The molecule has 0 aliphatic carbocycles. The van der Waals surface area contributed by atoms with Crippen LogP contribution in [0.1, 0.15) is 37.7 Å². The third-order valence-corrected chi connectivity index (χ3v) is 4.30. The molecule has 1 heterocycles. The molecular weight excluding hydrogens is 367 g/mol. The molecule has 3 aromatic rings. The van der Waals surface area contributed by atoms with E-state index in [2.05, 4.69) is 4.99 Å². The van der Waals surface area contributed by atoms with Gasteiger partial charge in [0.15, 0.2) is 0 Å². The highest BCUT2D eigenvalue weighted by Crippen LogP contribution is 2.37. The third kappa shape index (κ3) is 4.27. The first-order valence-corrected chi connectivity index (χ1v) is 8.70. The monoisotopic (exact) mass is 387 g/mol. The Morgan fingerprint density at radius 1 is 0.964 bits per heavy atom. The number of halogens is 3. The van der Waals surface area contributed by atoms with Crippen molar-refractivity contribution in [3.63, 3.8) is 0 Å². The largest absolute Gasteiger partial charge is 0.506 e. The van der Waals surface area contributed by atoms with Crippen molar-refractivity contribution in [2.24, 2.45) is 4.99 Å². The van der Waals surface area contributed by atoms with E-state index in [0.29, 0.717) is 5.69 Å². The number of aromatic hydroxyl groups is 1. The molecule has 0 radical (unpaired) electrons. The van der Waals surface area contributed by atoms with Crippen molar-refractivity contribution in [2.45, 2.75) is 32.4 Å². The zero-order valence-corrected chi connectivity index (χ0v) is 15.7. The number of alkyl halides is 3. The second-order valence-corrected chi connectivity index (χ2v) is 7.46. The summed E-state index contributed by atoms with van der Waals surface area (Å²) in [7, 11) is 0. The van der Waals surface area contributed by atoms with Crippen molar-refractivity contribution in [2.75, 3.05) is 0 Å². The summed E-state index contributed by atoms with van der Waals surface area (Å²) < 4.78 is 45.1. The number of phenols is 1. The predicted octanol–water partition coefficient (Wildman–Crippen LogP) is 6.72. The standard InChI is InChI=1S/C22H20F3NO2/c1-21(2,3)14-8-10-19(27)18(12-14)26-13-15-9-11-20(28-15)16-6-4-5-7-17(16)22(23,24)25/h4-13,27H,1-3H3/b26-13+. The number of rotatable bonds is 3. The first-order valence-electron chi connectivity index (χ1n) is 8.70. The lowest BCUT2D eigenvalue weighted by Gasteiger charge is -2.19. The van der Waals surface area contributed by atoms with E-state index in [0.717, 1.165) is 11.6 Å². The van der Waals surface area contributed by atoms with Crippen molar-refractivity contribution in [1.29, 1.82) is 0 Å². The van der Waals surface area contributed by atoms with Crippen LogP contribution in [-0.2, 0) is 11.6 Å². The Labute approximate surface area is 161 Å². The predicted molar refractivity (Wildman–Crippen MR) is 103 cm³/mol. The summed E-state index contributed by atoms with van der Waals surface area (Å²) in [6, 6.07) is 13.4. The number of benzene rings is 2. The molecule has 3 nitrogen and oxygen atoms in total. The lowest BCUT2D eigenvalue weighted by molar-refractivity contribution is -0.137. The maximum absolute atomic E-state index is 13.2. The highest BCUT2D eigenvalue weighted by molar-refractivity contribution is 5.81. The summed E-state index contributed by atoms with van der Waals surface area (Å²) in [5, 5.41) is 10.0. The molecular formula is C22H20F3NO2. The number of hydrogen-bond acceptors (Lipinski definition) is 3. The molecule has 0 saturated heterocycles. The number of aliphatic imine (C=N–C) groups is 1. The highest BCUT2D eigenvalue weighted by Gasteiger charge is 2.34. The van der Waals surface area contributed by atoms with Crippen LogP contribution >= 0.6 is 0 Å². The van der Waals surface area contributed by atoms with Gasteiger partial charge < -0.3 is 9.52 Å². The van der Waals surface area contributed by atoms with Gasteiger partial charge in [-0.2, -0.15) is 13.2 Å². The van der Waals surface area contributed by atoms with Crippen molar-refractivity contribution in [3.8, 4) is 17.1 Å². The van der Waals surface area contributed by atoms with E-state index in [9.17, 15) is 18.3 Å². The molecule has 0 unspecified atom stereocenters. The summed E-state index contributed by atoms with van der Waals surface area (Å²) >= 11 is 0. The highest BCUT2D eigenvalue weighted by atomic mass is 19.4. The van der Waals surface area contributed by atoms with E-state index in [-0.39, 0.29) is 28.2 Å². The molecule has 1 N–H and O–H groups in total. The molecule has 0 bridgehead atoms. The van der Waals surface area contributed by atoms with Gasteiger partial charge in [-0.05, 0) is 41.3 Å². The Kier molecular flexibility index (Phi) is 5.06. The molecule has 0 amide bonds. The molecule has 0 aliphatic rings. The SMILES string of the molecule is CC(C)(C)c1ccc(O)c(/N=C/c2ccc(-c3ccccc3C(F)(F)F)o2)c1. The molecule has 146 valence electrons. The van der Waals surface area contributed by atoms with Gasteiger partial charge in [0, 0.05) is 5.56 Å². The first-order chi connectivity index (χ1) is 13.1. The number of hydrogen-bond donors (Lipinski definition) is 1. The van der Waals surface area contributed by atoms with Crippen molar-refractivity contribution in [3.05, 3.63) is 71.5 Å². The van der Waals surface area contributed by atoms with E-state index in [1.165, 1.54) is 36.5 Å². The second-order valence-electron chi connectivity index (χ2n) is 7.46. The van der Waals surface area contributed by atoms with E-state index >= 15 is 0 Å². The van der Waals surface area contributed by atoms with Gasteiger partial charge in [0.1, 0.15) is 23.0 Å². The summed E-state index contributed by atoms with van der Waals surface area (Å²) in [4.78, 5) is 4.24. The van der Waals surface area contributed by atoms with E-state index in [1.54, 1.807) is 12.1 Å². The molecule has 0 aliphatic heterocycles. The van der Waals surface area contributed by atoms with Crippen LogP contribution in [0.5, 0.6) is 5.75 Å². The van der Waals surface area contributed by atoms with Crippen LogP contribution in [0.15, 0.2) is 64.0 Å². The van der Waals surface area contributed by atoms with Gasteiger partial charge in [-0.1, -0.05) is 45.0 Å². The Bertz CT molecular complexity index is 1010.